The second kappa shape index (κ2) is 14.9. The summed E-state index contributed by atoms with van der Waals surface area (Å²) < 4.78 is 10.1. The van der Waals surface area contributed by atoms with Gasteiger partial charge < -0.3 is 15.2 Å². The van der Waals surface area contributed by atoms with Crippen LogP contribution < -0.4 is 10.5 Å². The molecule has 1 aromatic carbocycles. The zero-order valence-electron chi connectivity index (χ0n) is 11.8. The number of hydrogen-bond donors (Lipinski definition) is 1. The molecule has 100 valence electrons. The average Bonchev–Trinajstić information content (AvgIpc) is 2.43. The molecule has 0 saturated heterocycles. The summed E-state index contributed by atoms with van der Waals surface area (Å²) in [5.41, 5.74) is 5.85. The SMILES string of the molecule is CC.CCCc1ccc(OCOC)cc1.CN. The van der Waals surface area contributed by atoms with E-state index in [4.69, 9.17) is 9.47 Å². The van der Waals surface area contributed by atoms with Gasteiger partial charge in [0.2, 0.25) is 0 Å². The van der Waals surface area contributed by atoms with Crippen molar-refractivity contribution in [2.75, 3.05) is 21.0 Å². The van der Waals surface area contributed by atoms with Gasteiger partial charge in [0.15, 0.2) is 6.79 Å². The fourth-order valence-electron chi connectivity index (χ4n) is 1.17. The standard InChI is InChI=1S/C11H16O2.C2H6.CH5N/c1-3-4-10-5-7-11(8-6-10)13-9-12-2;2*1-2/h5-8H,3-4,9H2,1-2H3;1-2H3;2H2,1H3. The highest BCUT2D eigenvalue weighted by Gasteiger charge is 1.93. The number of hydrogen-bond acceptors (Lipinski definition) is 3. The van der Waals surface area contributed by atoms with Crippen molar-refractivity contribution in [2.24, 2.45) is 5.73 Å². The summed E-state index contributed by atoms with van der Waals surface area (Å²) in [6, 6.07) is 8.14. The topological polar surface area (TPSA) is 44.5 Å². The minimum Gasteiger partial charge on any atom is -0.468 e. The Morgan fingerprint density at radius 3 is 2.00 bits per heavy atom. The largest absolute Gasteiger partial charge is 0.468 e. The van der Waals surface area contributed by atoms with Gasteiger partial charge in [0.1, 0.15) is 5.75 Å². The van der Waals surface area contributed by atoms with E-state index in [1.54, 1.807) is 7.11 Å². The summed E-state index contributed by atoms with van der Waals surface area (Å²) in [4.78, 5) is 0. The van der Waals surface area contributed by atoms with Crippen molar-refractivity contribution in [1.29, 1.82) is 0 Å². The van der Waals surface area contributed by atoms with Crippen LogP contribution in [-0.2, 0) is 11.2 Å². The van der Waals surface area contributed by atoms with E-state index in [2.05, 4.69) is 24.8 Å². The Labute approximate surface area is 106 Å². The summed E-state index contributed by atoms with van der Waals surface area (Å²) >= 11 is 0. The van der Waals surface area contributed by atoms with Gasteiger partial charge in [0.25, 0.3) is 0 Å². The lowest BCUT2D eigenvalue weighted by atomic mass is 10.1. The molecule has 3 nitrogen and oxygen atoms in total. The maximum absolute atomic E-state index is 5.27. The van der Waals surface area contributed by atoms with E-state index in [1.165, 1.54) is 19.0 Å². The third kappa shape index (κ3) is 9.85. The minimum absolute atomic E-state index is 0.313. The van der Waals surface area contributed by atoms with Gasteiger partial charge in [-0.15, -0.1) is 0 Å². The van der Waals surface area contributed by atoms with Crippen LogP contribution in [0.5, 0.6) is 5.75 Å². The van der Waals surface area contributed by atoms with Crippen LogP contribution in [0.15, 0.2) is 24.3 Å². The predicted molar refractivity (Wildman–Crippen MR) is 74.4 cm³/mol. The van der Waals surface area contributed by atoms with Crippen LogP contribution in [0.3, 0.4) is 0 Å². The van der Waals surface area contributed by atoms with Crippen LogP contribution in [-0.4, -0.2) is 21.0 Å². The molecule has 0 atom stereocenters. The summed E-state index contributed by atoms with van der Waals surface area (Å²) in [6.45, 7) is 6.49. The number of aryl methyl sites for hydroxylation is 1. The number of methoxy groups -OCH3 is 1. The lowest BCUT2D eigenvalue weighted by Crippen LogP contribution is -1.98. The number of ether oxygens (including phenoxy) is 2. The van der Waals surface area contributed by atoms with E-state index in [1.807, 2.05) is 26.0 Å². The Morgan fingerprint density at radius 1 is 1.06 bits per heavy atom. The molecule has 0 amide bonds. The first-order chi connectivity index (χ1) is 8.36. The Bertz CT molecular complexity index is 234. The molecule has 0 bridgehead atoms. The fourth-order valence-corrected chi connectivity index (χ4v) is 1.17. The van der Waals surface area contributed by atoms with Gasteiger partial charge in [-0.2, -0.15) is 0 Å². The van der Waals surface area contributed by atoms with E-state index < -0.39 is 0 Å². The quantitative estimate of drug-likeness (QED) is 0.805. The summed E-state index contributed by atoms with van der Waals surface area (Å²) in [5.74, 6) is 0.863. The zero-order valence-corrected chi connectivity index (χ0v) is 11.8. The van der Waals surface area contributed by atoms with Gasteiger partial charge in [-0.05, 0) is 31.2 Å². The molecule has 3 heteroatoms. The lowest BCUT2D eigenvalue weighted by molar-refractivity contribution is 0.0511. The fraction of sp³-hybridized carbons (Fsp3) is 0.571. The summed E-state index contributed by atoms with van der Waals surface area (Å²) in [5, 5.41) is 0. The van der Waals surface area contributed by atoms with Crippen LogP contribution in [0.2, 0.25) is 0 Å². The van der Waals surface area contributed by atoms with Gasteiger partial charge in [-0.1, -0.05) is 39.3 Å². The van der Waals surface area contributed by atoms with E-state index >= 15 is 0 Å². The number of benzene rings is 1. The Morgan fingerprint density at radius 2 is 1.59 bits per heavy atom. The van der Waals surface area contributed by atoms with Crippen molar-refractivity contribution in [3.8, 4) is 5.75 Å². The van der Waals surface area contributed by atoms with Crippen molar-refractivity contribution >= 4 is 0 Å². The van der Waals surface area contributed by atoms with Crippen LogP contribution in [0.25, 0.3) is 0 Å². The molecule has 0 fully saturated rings. The van der Waals surface area contributed by atoms with Crippen molar-refractivity contribution in [3.05, 3.63) is 29.8 Å². The molecule has 0 unspecified atom stereocenters. The first-order valence-electron chi connectivity index (χ1n) is 6.15. The van der Waals surface area contributed by atoms with Crippen LogP contribution >= 0.6 is 0 Å². The second-order valence-corrected chi connectivity index (χ2v) is 2.94. The van der Waals surface area contributed by atoms with Crippen molar-refractivity contribution < 1.29 is 9.47 Å². The first-order valence-corrected chi connectivity index (χ1v) is 6.15. The monoisotopic (exact) mass is 241 g/mol. The molecule has 0 heterocycles. The van der Waals surface area contributed by atoms with E-state index in [9.17, 15) is 0 Å². The third-order valence-corrected chi connectivity index (χ3v) is 1.81. The maximum Gasteiger partial charge on any atom is 0.188 e. The van der Waals surface area contributed by atoms with Gasteiger partial charge in [-0.25, -0.2) is 0 Å². The van der Waals surface area contributed by atoms with Gasteiger partial charge in [-0.3, -0.25) is 0 Å². The van der Waals surface area contributed by atoms with Gasteiger partial charge in [0.05, 0.1) is 0 Å². The smallest absolute Gasteiger partial charge is 0.188 e. The van der Waals surface area contributed by atoms with Crippen molar-refractivity contribution in [2.45, 2.75) is 33.6 Å². The van der Waals surface area contributed by atoms with Crippen molar-refractivity contribution in [3.63, 3.8) is 0 Å². The van der Waals surface area contributed by atoms with Crippen molar-refractivity contribution in [1.82, 2.24) is 0 Å². The first kappa shape index (κ1) is 18.3. The molecule has 0 radical (unpaired) electrons. The average molecular weight is 241 g/mol. The molecule has 0 spiro atoms. The lowest BCUT2D eigenvalue weighted by Gasteiger charge is -2.04. The molecule has 2 N–H and O–H groups in total. The highest BCUT2D eigenvalue weighted by atomic mass is 16.7. The van der Waals surface area contributed by atoms with Gasteiger partial charge in [0, 0.05) is 7.11 Å². The summed E-state index contributed by atoms with van der Waals surface area (Å²) in [7, 11) is 3.12. The molecular formula is C14H27NO2. The van der Waals surface area contributed by atoms with Gasteiger partial charge >= 0.3 is 0 Å². The molecule has 0 aromatic heterocycles. The second-order valence-electron chi connectivity index (χ2n) is 2.94. The third-order valence-electron chi connectivity index (χ3n) is 1.81. The van der Waals surface area contributed by atoms with Crippen LogP contribution in [0, 0.1) is 0 Å². The molecule has 17 heavy (non-hydrogen) atoms. The molecule has 0 aliphatic rings. The van der Waals surface area contributed by atoms with E-state index in [-0.39, 0.29) is 0 Å². The molecule has 0 aliphatic heterocycles. The van der Waals surface area contributed by atoms with E-state index in [0.29, 0.717) is 6.79 Å². The molecule has 1 rings (SSSR count). The normalized spacial score (nSPS) is 8.35. The molecular weight excluding hydrogens is 214 g/mol. The minimum atomic E-state index is 0.313. The molecule has 0 saturated carbocycles. The van der Waals surface area contributed by atoms with E-state index in [0.717, 1.165) is 12.2 Å². The maximum atomic E-state index is 5.27. The Hall–Kier alpha value is -1.06. The highest BCUT2D eigenvalue weighted by molar-refractivity contribution is 5.27. The zero-order chi connectivity index (χ0) is 13.5. The molecule has 0 aliphatic carbocycles. The summed E-state index contributed by atoms with van der Waals surface area (Å²) in [6.07, 6.45) is 2.31. The number of nitrogens with two attached hydrogens (primary N) is 1. The molecule has 1 aromatic rings. The Kier molecular flexibility index (Phi) is 16.1. The van der Waals surface area contributed by atoms with Crippen LogP contribution in [0.4, 0.5) is 0 Å². The highest BCUT2D eigenvalue weighted by Crippen LogP contribution is 2.12. The number of rotatable bonds is 5. The Balaban J connectivity index is 0. The predicted octanol–water partition coefficient (Wildman–Crippen LogP) is 3.22. The van der Waals surface area contributed by atoms with Crippen LogP contribution in [0.1, 0.15) is 32.8 Å².